The van der Waals surface area contributed by atoms with Gasteiger partial charge in [0.05, 0.1) is 19.4 Å². The van der Waals surface area contributed by atoms with E-state index in [1.54, 1.807) is 0 Å². The molecule has 1 fully saturated rings. The SMILES string of the molecule is O=C(O)c1cnc(C2OCCO2)n1S. The fourth-order valence-corrected chi connectivity index (χ4v) is 1.46. The molecule has 1 aliphatic heterocycles. The molecule has 1 aromatic rings. The number of aromatic nitrogens is 2. The van der Waals surface area contributed by atoms with Crippen LogP contribution in [-0.4, -0.2) is 33.2 Å². The number of carbonyl (C=O) groups is 1. The number of carboxylic acid groups (broad SMARTS) is 1. The van der Waals surface area contributed by atoms with E-state index in [-0.39, 0.29) is 5.69 Å². The lowest BCUT2D eigenvalue weighted by Crippen LogP contribution is -2.07. The van der Waals surface area contributed by atoms with Crippen LogP contribution in [0.1, 0.15) is 22.6 Å². The Kier molecular flexibility index (Phi) is 2.44. The number of ether oxygens (including phenoxy) is 2. The topological polar surface area (TPSA) is 73.6 Å². The average Bonchev–Trinajstić information content (AvgIpc) is 2.71. The standard InChI is InChI=1S/C7H8N2O4S/c10-6(11)4-3-8-5(9(4)14)7-12-1-2-13-7/h3,7,14H,1-2H2,(H,10,11). The molecule has 14 heavy (non-hydrogen) atoms. The van der Waals surface area contributed by atoms with Crippen molar-refractivity contribution in [3.63, 3.8) is 0 Å². The number of rotatable bonds is 2. The normalized spacial score (nSPS) is 17.5. The Morgan fingerprint density at radius 2 is 2.29 bits per heavy atom. The van der Waals surface area contributed by atoms with E-state index >= 15 is 0 Å². The molecule has 0 bridgehead atoms. The van der Waals surface area contributed by atoms with Gasteiger partial charge in [-0.1, -0.05) is 12.8 Å². The van der Waals surface area contributed by atoms with E-state index in [0.29, 0.717) is 19.0 Å². The second-order valence-corrected chi connectivity index (χ2v) is 3.09. The maximum atomic E-state index is 10.7. The number of imidazole rings is 1. The van der Waals surface area contributed by atoms with Crippen molar-refractivity contribution in [1.29, 1.82) is 0 Å². The number of carboxylic acids is 1. The summed E-state index contributed by atoms with van der Waals surface area (Å²) in [6.45, 7) is 0.960. The Morgan fingerprint density at radius 1 is 1.64 bits per heavy atom. The first-order valence-electron chi connectivity index (χ1n) is 3.93. The highest BCUT2D eigenvalue weighted by Crippen LogP contribution is 2.23. The third-order valence-corrected chi connectivity index (χ3v) is 2.24. The van der Waals surface area contributed by atoms with Crippen molar-refractivity contribution in [3.05, 3.63) is 17.7 Å². The van der Waals surface area contributed by atoms with Crippen molar-refractivity contribution < 1.29 is 19.4 Å². The minimum atomic E-state index is -1.09. The molecule has 6 nitrogen and oxygen atoms in total. The third-order valence-electron chi connectivity index (χ3n) is 1.82. The smallest absolute Gasteiger partial charge is 0.355 e. The molecule has 1 N–H and O–H groups in total. The van der Waals surface area contributed by atoms with E-state index in [1.807, 2.05) is 0 Å². The summed E-state index contributed by atoms with van der Waals surface area (Å²) in [5, 5.41) is 8.73. The Morgan fingerprint density at radius 3 is 2.79 bits per heavy atom. The molecule has 0 aliphatic carbocycles. The van der Waals surface area contributed by atoms with Crippen molar-refractivity contribution in [2.24, 2.45) is 0 Å². The monoisotopic (exact) mass is 216 g/mol. The summed E-state index contributed by atoms with van der Waals surface area (Å²) < 4.78 is 11.5. The molecule has 7 heteroatoms. The van der Waals surface area contributed by atoms with Gasteiger partial charge < -0.3 is 14.6 Å². The zero-order valence-electron chi connectivity index (χ0n) is 7.08. The molecule has 0 amide bonds. The van der Waals surface area contributed by atoms with Crippen LogP contribution >= 0.6 is 12.8 Å². The number of aromatic carboxylic acids is 1. The zero-order chi connectivity index (χ0) is 10.1. The third kappa shape index (κ3) is 1.49. The van der Waals surface area contributed by atoms with Gasteiger partial charge in [-0.25, -0.2) is 9.78 Å². The average molecular weight is 216 g/mol. The maximum Gasteiger partial charge on any atom is 0.355 e. The number of hydrogen-bond acceptors (Lipinski definition) is 5. The van der Waals surface area contributed by atoms with Crippen molar-refractivity contribution in [3.8, 4) is 0 Å². The number of hydrogen-bond donors (Lipinski definition) is 2. The molecule has 1 saturated heterocycles. The van der Waals surface area contributed by atoms with Crippen molar-refractivity contribution in [2.75, 3.05) is 13.2 Å². The van der Waals surface area contributed by atoms with Gasteiger partial charge in [0.2, 0.25) is 6.29 Å². The van der Waals surface area contributed by atoms with Crippen molar-refractivity contribution >= 4 is 18.8 Å². The summed E-state index contributed by atoms with van der Waals surface area (Å²) in [7, 11) is 0. The van der Waals surface area contributed by atoms with Gasteiger partial charge in [0.25, 0.3) is 0 Å². The zero-order valence-corrected chi connectivity index (χ0v) is 7.98. The fraction of sp³-hybridized carbons (Fsp3) is 0.429. The van der Waals surface area contributed by atoms with Crippen LogP contribution in [-0.2, 0) is 9.47 Å². The lowest BCUT2D eigenvalue weighted by molar-refractivity contribution is -0.0508. The Labute approximate surface area is 85.0 Å². The summed E-state index contributed by atoms with van der Waals surface area (Å²) in [5.74, 6) is -0.736. The molecule has 0 spiro atoms. The van der Waals surface area contributed by atoms with E-state index in [1.165, 1.54) is 6.20 Å². The highest BCUT2D eigenvalue weighted by Gasteiger charge is 2.25. The van der Waals surface area contributed by atoms with Crippen LogP contribution in [0.3, 0.4) is 0 Å². The Bertz CT molecular complexity index is 359. The predicted octanol–water partition coefficient (Wildman–Crippen LogP) is 0.320. The van der Waals surface area contributed by atoms with E-state index in [4.69, 9.17) is 14.6 Å². The van der Waals surface area contributed by atoms with E-state index in [0.717, 1.165) is 3.97 Å². The maximum absolute atomic E-state index is 10.7. The van der Waals surface area contributed by atoms with Gasteiger partial charge in [-0.3, -0.25) is 3.97 Å². The molecule has 1 aliphatic rings. The molecule has 0 atom stereocenters. The summed E-state index contributed by atoms with van der Waals surface area (Å²) in [6, 6.07) is 0. The minimum absolute atomic E-state index is 0.0116. The first-order chi connectivity index (χ1) is 6.70. The molecule has 2 rings (SSSR count). The largest absolute Gasteiger partial charge is 0.476 e. The van der Waals surface area contributed by atoms with E-state index in [9.17, 15) is 4.79 Å². The van der Waals surface area contributed by atoms with Crippen LogP contribution in [0, 0.1) is 0 Å². The lowest BCUT2D eigenvalue weighted by atomic mass is 10.5. The van der Waals surface area contributed by atoms with Gasteiger partial charge in [-0.05, 0) is 0 Å². The van der Waals surface area contributed by atoms with Gasteiger partial charge in [0, 0.05) is 0 Å². The predicted molar refractivity (Wildman–Crippen MR) is 48.2 cm³/mol. The summed E-state index contributed by atoms with van der Waals surface area (Å²) in [6.07, 6.45) is 0.607. The molecule has 1 aromatic heterocycles. The first kappa shape index (κ1) is 9.50. The molecule has 0 aromatic carbocycles. The second kappa shape index (κ2) is 3.60. The van der Waals surface area contributed by atoms with Crippen molar-refractivity contribution in [1.82, 2.24) is 8.96 Å². The van der Waals surface area contributed by atoms with Crippen LogP contribution in [0.2, 0.25) is 0 Å². The van der Waals surface area contributed by atoms with E-state index in [2.05, 4.69) is 17.8 Å². The molecule has 0 radical (unpaired) electrons. The van der Waals surface area contributed by atoms with Gasteiger partial charge in [-0.15, -0.1) is 0 Å². The summed E-state index contributed by atoms with van der Waals surface area (Å²) in [5.41, 5.74) is -0.0116. The van der Waals surface area contributed by atoms with Crippen LogP contribution in [0.4, 0.5) is 0 Å². The fourth-order valence-electron chi connectivity index (χ4n) is 1.17. The van der Waals surface area contributed by atoms with Gasteiger partial charge >= 0.3 is 5.97 Å². The Balaban J connectivity index is 2.30. The molecule has 76 valence electrons. The van der Waals surface area contributed by atoms with Gasteiger partial charge in [0.1, 0.15) is 0 Å². The van der Waals surface area contributed by atoms with E-state index < -0.39 is 12.3 Å². The second-order valence-electron chi connectivity index (χ2n) is 2.69. The summed E-state index contributed by atoms with van der Waals surface area (Å²) in [4.78, 5) is 14.5. The lowest BCUT2D eigenvalue weighted by Gasteiger charge is -2.07. The van der Waals surface area contributed by atoms with Crippen molar-refractivity contribution in [2.45, 2.75) is 6.29 Å². The van der Waals surface area contributed by atoms with Crippen LogP contribution in [0.5, 0.6) is 0 Å². The van der Waals surface area contributed by atoms with Gasteiger partial charge in [-0.2, -0.15) is 0 Å². The minimum Gasteiger partial charge on any atom is -0.476 e. The quantitative estimate of drug-likeness (QED) is 0.696. The molecule has 2 heterocycles. The van der Waals surface area contributed by atoms with Crippen LogP contribution < -0.4 is 0 Å². The highest BCUT2D eigenvalue weighted by atomic mass is 32.1. The molecule has 0 unspecified atom stereocenters. The highest BCUT2D eigenvalue weighted by molar-refractivity contribution is 7.78. The molecule has 0 saturated carbocycles. The first-order valence-corrected chi connectivity index (χ1v) is 4.33. The van der Waals surface area contributed by atoms with Crippen LogP contribution in [0.25, 0.3) is 0 Å². The molecular weight excluding hydrogens is 208 g/mol. The number of nitrogens with zero attached hydrogens (tertiary/aromatic N) is 2. The molecular formula is C7H8N2O4S. The van der Waals surface area contributed by atoms with Gasteiger partial charge in [0.15, 0.2) is 11.5 Å². The Hall–Kier alpha value is -1.05. The van der Waals surface area contributed by atoms with Crippen LogP contribution in [0.15, 0.2) is 6.20 Å². The summed E-state index contributed by atoms with van der Waals surface area (Å²) >= 11 is 3.99. The number of thiol groups is 1.